The summed E-state index contributed by atoms with van der Waals surface area (Å²) in [7, 11) is 0. The number of ether oxygens (including phenoxy) is 1. The van der Waals surface area contributed by atoms with Crippen molar-refractivity contribution in [3.63, 3.8) is 0 Å². The van der Waals surface area contributed by atoms with Crippen molar-refractivity contribution in [1.29, 1.82) is 0 Å². The van der Waals surface area contributed by atoms with Gasteiger partial charge in [0.2, 0.25) is 0 Å². The molecule has 0 spiro atoms. The molecule has 0 saturated heterocycles. The second-order valence-corrected chi connectivity index (χ2v) is 7.56. The lowest BCUT2D eigenvalue weighted by Gasteiger charge is -2.25. The van der Waals surface area contributed by atoms with Crippen LogP contribution in [0.4, 0.5) is 17.6 Å². The van der Waals surface area contributed by atoms with E-state index in [4.69, 9.17) is 4.74 Å². The fraction of sp³-hybridized carbons (Fsp3) is 0.261. The molecular weight excluding hydrogens is 444 g/mol. The van der Waals surface area contributed by atoms with Crippen LogP contribution in [0.5, 0.6) is 5.75 Å². The second-order valence-electron chi connectivity index (χ2n) is 7.56. The van der Waals surface area contributed by atoms with Crippen LogP contribution in [0.1, 0.15) is 41.9 Å². The number of carbonyl (C=O) groups excluding carboxylic acids is 1. The zero-order valence-corrected chi connectivity index (χ0v) is 17.7. The number of hydrogen-bond acceptors (Lipinski definition) is 4. The predicted octanol–water partition coefficient (Wildman–Crippen LogP) is 4.95. The van der Waals surface area contributed by atoms with E-state index in [1.54, 1.807) is 19.1 Å². The van der Waals surface area contributed by atoms with Crippen molar-refractivity contribution in [1.82, 2.24) is 10.3 Å². The summed E-state index contributed by atoms with van der Waals surface area (Å²) in [6, 6.07) is 9.11. The molecule has 0 fully saturated rings. The molecule has 0 aliphatic carbocycles. The number of halogens is 4. The maximum absolute atomic E-state index is 14.7. The van der Waals surface area contributed by atoms with E-state index in [1.165, 1.54) is 25.1 Å². The van der Waals surface area contributed by atoms with Crippen LogP contribution in [0.15, 0.2) is 48.7 Å². The molecule has 1 amide bonds. The number of amides is 1. The van der Waals surface area contributed by atoms with Crippen LogP contribution in [-0.2, 0) is 17.6 Å². The van der Waals surface area contributed by atoms with Gasteiger partial charge in [0, 0.05) is 22.5 Å². The Labute approximate surface area is 186 Å². The summed E-state index contributed by atoms with van der Waals surface area (Å²) in [5, 5.41) is 12.2. The van der Waals surface area contributed by atoms with Crippen LogP contribution in [0.3, 0.4) is 0 Å². The molecule has 2 N–H and O–H groups in total. The van der Waals surface area contributed by atoms with E-state index in [0.717, 1.165) is 18.3 Å². The predicted molar refractivity (Wildman–Crippen MR) is 111 cm³/mol. The Morgan fingerprint density at radius 1 is 1.12 bits per heavy atom. The number of carboxylic acid groups (broad SMARTS) is 1. The number of benzene rings is 2. The maximum atomic E-state index is 14.7. The van der Waals surface area contributed by atoms with Crippen molar-refractivity contribution in [2.24, 2.45) is 0 Å². The number of rotatable bonds is 7. The van der Waals surface area contributed by atoms with Crippen LogP contribution in [0.25, 0.3) is 10.8 Å². The molecular formula is C23H20F4N2O4. The molecule has 3 rings (SSSR count). The minimum Gasteiger partial charge on any atom is -0.487 e. The fourth-order valence-electron chi connectivity index (χ4n) is 3.07. The van der Waals surface area contributed by atoms with Crippen molar-refractivity contribution < 1.29 is 37.0 Å². The highest BCUT2D eigenvalue weighted by Gasteiger charge is 2.34. The van der Waals surface area contributed by atoms with E-state index in [9.17, 15) is 32.3 Å². The highest BCUT2D eigenvalue weighted by atomic mass is 19.4. The Hall–Kier alpha value is -3.69. The summed E-state index contributed by atoms with van der Waals surface area (Å²) in [4.78, 5) is 27.9. The van der Waals surface area contributed by atoms with Gasteiger partial charge in [-0.2, -0.15) is 13.2 Å². The van der Waals surface area contributed by atoms with E-state index < -0.39 is 35.1 Å². The Morgan fingerprint density at radius 3 is 2.33 bits per heavy atom. The second kappa shape index (κ2) is 9.05. The highest BCUT2D eigenvalue weighted by molar-refractivity contribution is 6.05. The number of pyridine rings is 1. The molecule has 2 aromatic carbocycles. The molecule has 1 heterocycles. The highest BCUT2D eigenvalue weighted by Crippen LogP contribution is 2.33. The first-order valence-corrected chi connectivity index (χ1v) is 9.88. The molecule has 33 heavy (non-hydrogen) atoms. The van der Waals surface area contributed by atoms with Gasteiger partial charge in [0.15, 0.2) is 0 Å². The van der Waals surface area contributed by atoms with Gasteiger partial charge in [0.25, 0.3) is 5.91 Å². The fourth-order valence-corrected chi connectivity index (χ4v) is 3.07. The van der Waals surface area contributed by atoms with Gasteiger partial charge < -0.3 is 15.2 Å². The number of alkyl halides is 3. The minimum atomic E-state index is -4.59. The molecule has 174 valence electrons. The molecule has 0 saturated carbocycles. The smallest absolute Gasteiger partial charge is 0.433 e. The maximum Gasteiger partial charge on any atom is 0.433 e. The molecule has 3 aromatic rings. The van der Waals surface area contributed by atoms with Crippen molar-refractivity contribution in [3.8, 4) is 5.75 Å². The average Bonchev–Trinajstić information content (AvgIpc) is 2.77. The van der Waals surface area contributed by atoms with Gasteiger partial charge in [-0.05, 0) is 25.5 Å². The number of nitrogens with zero attached hydrogens (tertiary/aromatic N) is 1. The molecule has 1 aromatic heterocycles. The van der Waals surface area contributed by atoms with Gasteiger partial charge >= 0.3 is 12.1 Å². The molecule has 0 radical (unpaired) electrons. The number of fused-ring (bicyclic) bond motifs is 1. The largest absolute Gasteiger partial charge is 0.487 e. The lowest BCUT2D eigenvalue weighted by molar-refractivity contribution is -0.144. The third kappa shape index (κ3) is 5.05. The Kier molecular flexibility index (Phi) is 6.57. The number of aliphatic carboxylic acids is 1. The first-order chi connectivity index (χ1) is 15.5. The van der Waals surface area contributed by atoms with Crippen molar-refractivity contribution >= 4 is 22.6 Å². The molecule has 0 aliphatic rings. The van der Waals surface area contributed by atoms with Crippen LogP contribution >= 0.6 is 0 Å². The van der Waals surface area contributed by atoms with Crippen molar-refractivity contribution in [2.75, 3.05) is 0 Å². The molecule has 1 atom stereocenters. The summed E-state index contributed by atoms with van der Waals surface area (Å²) in [6.07, 6.45) is -3.53. The van der Waals surface area contributed by atoms with Gasteiger partial charge in [0.05, 0.1) is 5.56 Å². The Bertz CT molecular complexity index is 1200. The van der Waals surface area contributed by atoms with Gasteiger partial charge in [-0.3, -0.25) is 9.78 Å². The molecule has 0 aliphatic heterocycles. The van der Waals surface area contributed by atoms with Crippen LogP contribution in [0.2, 0.25) is 0 Å². The molecule has 6 nitrogen and oxygen atoms in total. The molecule has 0 unspecified atom stereocenters. The zero-order valence-electron chi connectivity index (χ0n) is 17.7. The Balaban J connectivity index is 1.99. The Morgan fingerprint density at radius 2 is 1.79 bits per heavy atom. The molecule has 10 heteroatoms. The van der Waals surface area contributed by atoms with Crippen LogP contribution in [-0.4, -0.2) is 27.5 Å². The number of carboxylic acids is 1. The van der Waals surface area contributed by atoms with Gasteiger partial charge in [-0.25, -0.2) is 9.18 Å². The van der Waals surface area contributed by atoms with E-state index >= 15 is 0 Å². The normalized spacial score (nSPS) is 13.4. The lowest BCUT2D eigenvalue weighted by atomic mass is 9.97. The summed E-state index contributed by atoms with van der Waals surface area (Å²) >= 11 is 0. The third-order valence-electron chi connectivity index (χ3n) is 5.26. The lowest BCUT2D eigenvalue weighted by Crippen LogP contribution is -2.51. The van der Waals surface area contributed by atoms with E-state index in [-0.39, 0.29) is 40.7 Å². The van der Waals surface area contributed by atoms with E-state index in [2.05, 4.69) is 10.3 Å². The number of hydrogen-bond donors (Lipinski definition) is 2. The summed E-state index contributed by atoms with van der Waals surface area (Å²) < 4.78 is 58.7. The number of aromatic nitrogens is 1. The first-order valence-electron chi connectivity index (χ1n) is 9.88. The third-order valence-corrected chi connectivity index (χ3v) is 5.26. The number of carbonyl (C=O) groups is 2. The standard InChI is InChI=1S/C23H20F4N2O4/c1-3-22(2,21(31)32)29-20(30)16-10-17(24)14-6-4-5-7-15(14)19(16)33-12-13-8-9-18(28-11-13)23(25,26)27/h4-11H,3,12H2,1-2H3,(H,29,30)(H,31,32)/t22-/m0/s1. The van der Waals surface area contributed by atoms with Crippen LogP contribution < -0.4 is 10.1 Å². The topological polar surface area (TPSA) is 88.5 Å². The van der Waals surface area contributed by atoms with Crippen LogP contribution in [0, 0.1) is 5.82 Å². The summed E-state index contributed by atoms with van der Waals surface area (Å²) in [5.74, 6) is -2.88. The SMILES string of the molecule is CC[C@](C)(NC(=O)c1cc(F)c2ccccc2c1OCc1ccc(C(F)(F)F)nc1)C(=O)O. The van der Waals surface area contributed by atoms with Gasteiger partial charge in [0.1, 0.15) is 29.4 Å². The quantitative estimate of drug-likeness (QED) is 0.483. The minimum absolute atomic E-state index is 0.0340. The zero-order chi connectivity index (χ0) is 24.4. The molecule has 0 bridgehead atoms. The monoisotopic (exact) mass is 464 g/mol. The summed E-state index contributed by atoms with van der Waals surface area (Å²) in [5.41, 5.74) is -2.63. The van der Waals surface area contributed by atoms with Crippen molar-refractivity contribution in [3.05, 3.63) is 71.3 Å². The van der Waals surface area contributed by atoms with E-state index in [1.807, 2.05) is 0 Å². The summed E-state index contributed by atoms with van der Waals surface area (Å²) in [6.45, 7) is 2.63. The first kappa shape index (κ1) is 24.0. The van der Waals surface area contributed by atoms with Crippen molar-refractivity contribution in [2.45, 2.75) is 38.6 Å². The number of nitrogens with one attached hydrogen (secondary N) is 1. The van der Waals surface area contributed by atoms with Gasteiger partial charge in [-0.15, -0.1) is 0 Å². The average molecular weight is 464 g/mol. The van der Waals surface area contributed by atoms with Gasteiger partial charge in [-0.1, -0.05) is 37.3 Å². The van der Waals surface area contributed by atoms with E-state index in [0.29, 0.717) is 0 Å².